The average Bonchev–Trinajstić information content (AvgIpc) is 2.92. The predicted molar refractivity (Wildman–Crippen MR) is 99.1 cm³/mol. The summed E-state index contributed by atoms with van der Waals surface area (Å²) in [5, 5.41) is 14.0. The van der Waals surface area contributed by atoms with Crippen molar-refractivity contribution in [3.05, 3.63) is 52.3 Å². The smallest absolute Gasteiger partial charge is 0.414 e. The lowest BCUT2D eigenvalue weighted by Crippen LogP contribution is -2.52. The van der Waals surface area contributed by atoms with Crippen molar-refractivity contribution >= 4 is 29.4 Å². The van der Waals surface area contributed by atoms with Crippen LogP contribution in [-0.4, -0.2) is 70.0 Å². The highest BCUT2D eigenvalue weighted by molar-refractivity contribution is 6.30. The van der Waals surface area contributed by atoms with Crippen LogP contribution in [-0.2, 0) is 4.74 Å². The predicted octanol–water partition coefficient (Wildman–Crippen LogP) is 1.57. The molecule has 11 heteroatoms. The van der Waals surface area contributed by atoms with Gasteiger partial charge in [-0.25, -0.2) is 29.2 Å². The van der Waals surface area contributed by atoms with E-state index in [4.69, 9.17) is 16.3 Å². The first-order chi connectivity index (χ1) is 13.4. The first-order valence-corrected chi connectivity index (χ1v) is 9.01. The van der Waals surface area contributed by atoms with Crippen LogP contribution >= 0.6 is 11.6 Å². The molecule has 0 spiro atoms. The molecular formula is C17H17ClN6O4. The van der Waals surface area contributed by atoms with Crippen LogP contribution in [0.2, 0.25) is 5.02 Å². The summed E-state index contributed by atoms with van der Waals surface area (Å²) in [4.78, 5) is 41.2. The number of hydrogen-bond donors (Lipinski definition) is 0. The first kappa shape index (κ1) is 18.7. The molecule has 146 valence electrons. The van der Waals surface area contributed by atoms with E-state index in [1.165, 1.54) is 35.6 Å². The van der Waals surface area contributed by atoms with Crippen molar-refractivity contribution in [3.8, 4) is 0 Å². The maximum Gasteiger partial charge on any atom is 0.414 e. The zero-order chi connectivity index (χ0) is 19.9. The molecule has 2 amide bonds. The lowest BCUT2D eigenvalue weighted by atomic mass is 10.3. The molecule has 2 unspecified atom stereocenters. The molecule has 2 atom stereocenters. The fourth-order valence-electron chi connectivity index (χ4n) is 3.21. The van der Waals surface area contributed by atoms with Gasteiger partial charge in [-0.05, 0) is 13.1 Å². The summed E-state index contributed by atoms with van der Waals surface area (Å²) >= 11 is 5.85. The van der Waals surface area contributed by atoms with Crippen LogP contribution in [0, 0.1) is 5.21 Å². The Hall–Kier alpha value is -2.66. The van der Waals surface area contributed by atoms with E-state index in [9.17, 15) is 14.8 Å². The number of carbonyl (C=O) groups is 2. The molecule has 0 radical (unpaired) electrons. The highest BCUT2D eigenvalue weighted by atomic mass is 35.5. The average molecular weight is 405 g/mol. The fraction of sp³-hybridized carbons (Fsp3) is 0.353. The third kappa shape index (κ3) is 3.00. The van der Waals surface area contributed by atoms with Crippen molar-refractivity contribution in [2.75, 3.05) is 33.2 Å². The molecule has 2 aromatic rings. The summed E-state index contributed by atoms with van der Waals surface area (Å²) in [7, 11) is 1.95. The van der Waals surface area contributed by atoms with Gasteiger partial charge in [-0.1, -0.05) is 11.6 Å². The summed E-state index contributed by atoms with van der Waals surface area (Å²) in [6.07, 6.45) is 1.69. The molecular weight excluding hydrogens is 388 g/mol. The molecule has 28 heavy (non-hydrogen) atoms. The van der Waals surface area contributed by atoms with Gasteiger partial charge < -0.3 is 19.7 Å². The minimum absolute atomic E-state index is 0.0155. The van der Waals surface area contributed by atoms with Crippen LogP contribution in [0.1, 0.15) is 22.4 Å². The number of hydroxylamine groups is 2. The van der Waals surface area contributed by atoms with Gasteiger partial charge >= 0.3 is 12.0 Å². The molecule has 0 saturated carbocycles. The number of piperazine rings is 1. The third-order valence-electron chi connectivity index (χ3n) is 4.82. The van der Waals surface area contributed by atoms with Crippen molar-refractivity contribution in [2.45, 2.75) is 6.23 Å². The van der Waals surface area contributed by atoms with Crippen LogP contribution in [0.25, 0.3) is 0 Å². The third-order valence-corrected chi connectivity index (χ3v) is 5.04. The van der Waals surface area contributed by atoms with Crippen LogP contribution in [0.15, 0.2) is 30.7 Å². The number of pyridine rings is 1. The fourth-order valence-corrected chi connectivity index (χ4v) is 3.32. The number of quaternary nitrogens is 1. The summed E-state index contributed by atoms with van der Waals surface area (Å²) in [6.45, 7) is 2.29. The molecule has 1 fully saturated rings. The maximum atomic E-state index is 13.7. The maximum absolute atomic E-state index is 13.7. The minimum Gasteiger partial charge on any atom is -0.615 e. The number of rotatable bonds is 2. The van der Waals surface area contributed by atoms with Crippen molar-refractivity contribution < 1.29 is 14.3 Å². The van der Waals surface area contributed by atoms with Crippen molar-refractivity contribution in [2.24, 2.45) is 0 Å². The van der Waals surface area contributed by atoms with Gasteiger partial charge in [0.25, 0.3) is 6.23 Å². The molecule has 2 aromatic heterocycles. The molecule has 1 saturated heterocycles. The topological polar surface area (TPSA) is 112 Å². The van der Waals surface area contributed by atoms with E-state index < -0.39 is 22.9 Å². The van der Waals surface area contributed by atoms with Gasteiger partial charge in [-0.3, -0.25) is 0 Å². The number of hydrogen-bond acceptors (Lipinski definition) is 8. The van der Waals surface area contributed by atoms with E-state index in [1.807, 2.05) is 7.05 Å². The molecule has 0 aromatic carbocycles. The van der Waals surface area contributed by atoms with Crippen LogP contribution in [0.4, 0.5) is 10.6 Å². The van der Waals surface area contributed by atoms with Crippen molar-refractivity contribution in [1.29, 1.82) is 0 Å². The second kappa shape index (κ2) is 7.06. The van der Waals surface area contributed by atoms with E-state index in [0.717, 1.165) is 0 Å². The number of fused-ring (bicyclic) bond motifs is 1. The Balaban J connectivity index is 1.70. The summed E-state index contributed by atoms with van der Waals surface area (Å²) in [5.41, 5.74) is -0.118. The van der Waals surface area contributed by atoms with Gasteiger partial charge in [0, 0.05) is 44.6 Å². The number of amides is 2. The SMILES string of the molecule is CN1CCN(C(=O)OC2c3nccnc3C(=O)[N+]2([O-])c2ccc(Cl)cn2)CC1. The molecule has 0 bridgehead atoms. The van der Waals surface area contributed by atoms with Gasteiger partial charge in [0.15, 0.2) is 5.69 Å². The van der Waals surface area contributed by atoms with Crippen LogP contribution in [0.5, 0.6) is 0 Å². The molecule has 4 rings (SSSR count). The number of likely N-dealkylation sites (N-methyl/N-ethyl adjacent to an activating group) is 1. The standard InChI is InChI=1S/C17H17ClN6O4/c1-22-6-8-23(9-7-22)17(26)28-16-14-13(19-4-5-20-14)15(25)24(16,27)12-3-2-11(18)10-21-12/h2-5,10,16H,6-9H2,1H3. The number of halogens is 1. The molecule has 10 nitrogen and oxygen atoms in total. The largest absolute Gasteiger partial charge is 0.615 e. The zero-order valence-electron chi connectivity index (χ0n) is 15.0. The van der Waals surface area contributed by atoms with E-state index in [2.05, 4.69) is 19.9 Å². The Morgan fingerprint density at radius 2 is 1.93 bits per heavy atom. The second-order valence-electron chi connectivity index (χ2n) is 6.61. The lowest BCUT2D eigenvalue weighted by Gasteiger charge is -2.39. The highest BCUT2D eigenvalue weighted by Crippen LogP contribution is 2.42. The van der Waals surface area contributed by atoms with Gasteiger partial charge in [0.1, 0.15) is 0 Å². The van der Waals surface area contributed by atoms with Crippen LogP contribution in [0.3, 0.4) is 0 Å². The summed E-state index contributed by atoms with van der Waals surface area (Å²) in [6, 6.07) is 2.77. The van der Waals surface area contributed by atoms with Gasteiger partial charge in [0.2, 0.25) is 11.5 Å². The van der Waals surface area contributed by atoms with E-state index in [1.54, 1.807) is 0 Å². The van der Waals surface area contributed by atoms with Crippen molar-refractivity contribution in [1.82, 2.24) is 29.4 Å². The number of nitrogens with zero attached hydrogens (tertiary/aromatic N) is 6. The van der Waals surface area contributed by atoms with Crippen molar-refractivity contribution in [3.63, 3.8) is 0 Å². The number of ether oxygens (including phenoxy) is 1. The molecule has 0 aliphatic carbocycles. The highest BCUT2D eigenvalue weighted by Gasteiger charge is 2.55. The lowest BCUT2D eigenvalue weighted by molar-refractivity contribution is -0.000710. The number of carbonyl (C=O) groups excluding carboxylic acids is 2. The minimum atomic E-state index is -1.64. The van der Waals surface area contributed by atoms with Gasteiger partial charge in [0.05, 0.1) is 11.2 Å². The molecule has 2 aliphatic rings. The zero-order valence-corrected chi connectivity index (χ0v) is 15.7. The Kier molecular flexibility index (Phi) is 4.71. The number of aromatic nitrogens is 3. The van der Waals surface area contributed by atoms with E-state index >= 15 is 0 Å². The van der Waals surface area contributed by atoms with E-state index in [-0.39, 0.29) is 17.2 Å². The quantitative estimate of drug-likeness (QED) is 0.547. The summed E-state index contributed by atoms with van der Waals surface area (Å²) in [5.74, 6) is -1.06. The van der Waals surface area contributed by atoms with E-state index in [0.29, 0.717) is 31.2 Å². The second-order valence-corrected chi connectivity index (χ2v) is 7.05. The van der Waals surface area contributed by atoms with Gasteiger partial charge in [-0.2, -0.15) is 0 Å². The Morgan fingerprint density at radius 1 is 1.21 bits per heavy atom. The molecule has 0 N–H and O–H groups in total. The Labute approximate surface area is 165 Å². The summed E-state index contributed by atoms with van der Waals surface area (Å²) < 4.78 is 3.87. The first-order valence-electron chi connectivity index (χ1n) is 8.63. The van der Waals surface area contributed by atoms with Crippen LogP contribution < -0.4 is 4.65 Å². The monoisotopic (exact) mass is 404 g/mol. The van der Waals surface area contributed by atoms with Gasteiger partial charge in [-0.15, -0.1) is 0 Å². The molecule has 2 aliphatic heterocycles. The molecule has 4 heterocycles. The Bertz CT molecular complexity index is 918. The normalized spacial score (nSPS) is 24.9. The Morgan fingerprint density at radius 3 is 2.61 bits per heavy atom.